The molecule has 0 saturated heterocycles. The first-order chi connectivity index (χ1) is 24.2. The molecule has 3 N–H and O–H groups in total. The van der Waals surface area contributed by atoms with Crippen LogP contribution in [0.2, 0.25) is 10.0 Å². The largest absolute Gasteiger partial charge is 0.466 e. The number of amides is 3. The Hall–Kier alpha value is -4.94. The maximum atomic E-state index is 13.6. The van der Waals surface area contributed by atoms with E-state index in [9.17, 15) is 19.2 Å². The van der Waals surface area contributed by atoms with E-state index in [4.69, 9.17) is 27.9 Å². The zero-order valence-corrected chi connectivity index (χ0v) is 29.7. The van der Waals surface area contributed by atoms with Gasteiger partial charge in [-0.05, 0) is 67.1 Å². The predicted octanol–water partition coefficient (Wildman–Crippen LogP) is 8.44. The molecule has 0 aliphatic carbocycles. The molecule has 1 aromatic heterocycles. The van der Waals surface area contributed by atoms with E-state index >= 15 is 0 Å². The average molecular weight is 746 g/mol. The second kappa shape index (κ2) is 17.6. The standard InChI is InChI=1S/C37H30Cl2N4O5S2/c1-2-48-32(44)20-26-22-49-37(41-26)43-36(47)33(23-10-5-3-6-11-23)50-27-18-16-25(17-19-27)40-35(46)31(21-28-29(38)14-9-15-30(28)39)42-34(45)24-12-7-4-8-13-24/h3-19,21-22,33H,2,20H2,1H3,(H,40,46)(H,42,45)(H,41,43,47)/b31-21-. The first kappa shape index (κ1) is 36.3. The highest BCUT2D eigenvalue weighted by atomic mass is 35.5. The number of ether oxygens (including phenoxy) is 1. The van der Waals surface area contributed by atoms with Crippen molar-refractivity contribution in [3.8, 4) is 0 Å². The van der Waals surface area contributed by atoms with Crippen LogP contribution in [0.4, 0.5) is 10.8 Å². The highest BCUT2D eigenvalue weighted by Gasteiger charge is 2.24. The zero-order valence-electron chi connectivity index (χ0n) is 26.5. The minimum atomic E-state index is -0.642. The second-order valence-electron chi connectivity index (χ2n) is 10.5. The van der Waals surface area contributed by atoms with Crippen LogP contribution in [0.15, 0.2) is 119 Å². The van der Waals surface area contributed by atoms with Gasteiger partial charge in [-0.25, -0.2) is 4.98 Å². The van der Waals surface area contributed by atoms with Crippen LogP contribution in [0, 0.1) is 0 Å². The molecule has 254 valence electrons. The Morgan fingerprint density at radius 3 is 2.18 bits per heavy atom. The maximum Gasteiger partial charge on any atom is 0.311 e. The molecule has 1 atom stereocenters. The molecule has 1 unspecified atom stereocenters. The summed E-state index contributed by atoms with van der Waals surface area (Å²) in [5.74, 6) is -1.77. The van der Waals surface area contributed by atoms with E-state index in [1.165, 1.54) is 29.2 Å². The first-order valence-corrected chi connectivity index (χ1v) is 17.8. The van der Waals surface area contributed by atoms with Crippen molar-refractivity contribution in [2.75, 3.05) is 17.2 Å². The second-order valence-corrected chi connectivity index (χ2v) is 13.4. The van der Waals surface area contributed by atoms with Crippen LogP contribution in [0.5, 0.6) is 0 Å². The van der Waals surface area contributed by atoms with Gasteiger partial charge in [0.15, 0.2) is 5.13 Å². The van der Waals surface area contributed by atoms with Crippen LogP contribution in [0.3, 0.4) is 0 Å². The number of nitrogens with zero attached hydrogens (tertiary/aromatic N) is 1. The Balaban J connectivity index is 1.31. The van der Waals surface area contributed by atoms with Crippen LogP contribution >= 0.6 is 46.3 Å². The fraction of sp³-hybridized carbons (Fsp3) is 0.108. The molecular weight excluding hydrogens is 715 g/mol. The topological polar surface area (TPSA) is 126 Å². The van der Waals surface area contributed by atoms with Gasteiger partial charge in [-0.15, -0.1) is 23.1 Å². The molecule has 5 aromatic rings. The van der Waals surface area contributed by atoms with E-state index in [1.54, 1.807) is 85.1 Å². The molecule has 0 aliphatic rings. The summed E-state index contributed by atoms with van der Waals surface area (Å²) in [6.07, 6.45) is 1.45. The van der Waals surface area contributed by atoms with Gasteiger partial charge in [-0.2, -0.15) is 0 Å². The SMILES string of the molecule is CCOC(=O)Cc1csc(NC(=O)C(Sc2ccc(NC(=O)/C(=C/c3c(Cl)cccc3Cl)NC(=O)c3ccccc3)cc2)c2ccccc2)n1. The first-order valence-electron chi connectivity index (χ1n) is 15.3. The summed E-state index contributed by atoms with van der Waals surface area (Å²) >= 11 is 15.3. The number of thiazole rings is 1. The Kier molecular flexibility index (Phi) is 12.8. The molecule has 13 heteroatoms. The molecular formula is C37H30Cl2N4O5S2. The van der Waals surface area contributed by atoms with Crippen molar-refractivity contribution >= 4 is 86.9 Å². The number of carbonyl (C=O) groups is 4. The number of esters is 1. The molecule has 0 saturated carbocycles. The number of hydrogen-bond donors (Lipinski definition) is 3. The summed E-state index contributed by atoms with van der Waals surface area (Å²) in [7, 11) is 0. The molecule has 9 nitrogen and oxygen atoms in total. The van der Waals surface area contributed by atoms with Crippen molar-refractivity contribution in [1.29, 1.82) is 0 Å². The van der Waals surface area contributed by atoms with Crippen molar-refractivity contribution in [2.45, 2.75) is 23.5 Å². The average Bonchev–Trinajstić information content (AvgIpc) is 3.55. The van der Waals surface area contributed by atoms with E-state index in [0.717, 1.165) is 10.5 Å². The van der Waals surface area contributed by atoms with Crippen LogP contribution in [0.25, 0.3) is 6.08 Å². The Morgan fingerprint density at radius 2 is 1.52 bits per heavy atom. The lowest BCUT2D eigenvalue weighted by Gasteiger charge is -2.17. The lowest BCUT2D eigenvalue weighted by molar-refractivity contribution is -0.142. The summed E-state index contributed by atoms with van der Waals surface area (Å²) in [5, 5.41) is 10.4. The van der Waals surface area contributed by atoms with Crippen molar-refractivity contribution in [1.82, 2.24) is 10.3 Å². The molecule has 0 fully saturated rings. The highest BCUT2D eigenvalue weighted by molar-refractivity contribution is 8.00. The molecule has 0 radical (unpaired) electrons. The quantitative estimate of drug-likeness (QED) is 0.0628. The minimum absolute atomic E-state index is 0.0182. The third-order valence-corrected chi connectivity index (χ3v) is 9.67. The third kappa shape index (κ3) is 10.1. The van der Waals surface area contributed by atoms with Gasteiger partial charge in [0.2, 0.25) is 5.91 Å². The summed E-state index contributed by atoms with van der Waals surface area (Å²) in [4.78, 5) is 57.1. The van der Waals surface area contributed by atoms with E-state index < -0.39 is 17.1 Å². The molecule has 3 amide bonds. The summed E-state index contributed by atoms with van der Waals surface area (Å²) in [6, 6.07) is 29.7. The number of benzene rings is 4. The lowest BCUT2D eigenvalue weighted by Crippen LogP contribution is -2.30. The van der Waals surface area contributed by atoms with Gasteiger partial charge in [-0.1, -0.05) is 77.8 Å². The van der Waals surface area contributed by atoms with Crippen LogP contribution in [0.1, 0.15) is 39.4 Å². The smallest absolute Gasteiger partial charge is 0.311 e. The Bertz CT molecular complexity index is 1990. The van der Waals surface area contributed by atoms with Gasteiger partial charge < -0.3 is 20.7 Å². The number of carbonyl (C=O) groups excluding carboxylic acids is 4. The molecule has 1 heterocycles. The van der Waals surface area contributed by atoms with Crippen LogP contribution < -0.4 is 16.0 Å². The number of anilines is 2. The van der Waals surface area contributed by atoms with Gasteiger partial charge in [0.05, 0.1) is 18.7 Å². The summed E-state index contributed by atoms with van der Waals surface area (Å²) in [5.41, 5.74) is 2.40. The number of halogens is 2. The fourth-order valence-electron chi connectivity index (χ4n) is 4.56. The van der Waals surface area contributed by atoms with Gasteiger partial charge >= 0.3 is 5.97 Å². The zero-order chi connectivity index (χ0) is 35.5. The van der Waals surface area contributed by atoms with Gasteiger partial charge in [-0.3, -0.25) is 19.2 Å². The molecule has 4 aromatic carbocycles. The number of thioether (sulfide) groups is 1. The number of hydrogen-bond acceptors (Lipinski definition) is 8. The fourth-order valence-corrected chi connectivity index (χ4v) is 6.81. The maximum absolute atomic E-state index is 13.6. The van der Waals surface area contributed by atoms with Gasteiger partial charge in [0, 0.05) is 37.1 Å². The van der Waals surface area contributed by atoms with Crippen LogP contribution in [-0.2, 0) is 25.5 Å². The summed E-state index contributed by atoms with van der Waals surface area (Å²) < 4.78 is 4.99. The molecule has 0 aliphatic heterocycles. The predicted molar refractivity (Wildman–Crippen MR) is 200 cm³/mol. The molecule has 5 rings (SSSR count). The molecule has 0 spiro atoms. The van der Waals surface area contributed by atoms with Crippen LogP contribution in [-0.4, -0.2) is 35.3 Å². The lowest BCUT2D eigenvalue weighted by atomic mass is 10.1. The number of nitrogens with one attached hydrogen (secondary N) is 3. The highest BCUT2D eigenvalue weighted by Crippen LogP contribution is 2.37. The monoisotopic (exact) mass is 744 g/mol. The van der Waals surface area contributed by atoms with Crippen molar-refractivity contribution in [3.63, 3.8) is 0 Å². The third-order valence-electron chi connectivity index (χ3n) is 6.94. The van der Waals surface area contributed by atoms with Crippen molar-refractivity contribution in [2.24, 2.45) is 0 Å². The number of aromatic nitrogens is 1. The van der Waals surface area contributed by atoms with E-state index in [-0.39, 0.29) is 30.6 Å². The summed E-state index contributed by atoms with van der Waals surface area (Å²) in [6.45, 7) is 2.01. The van der Waals surface area contributed by atoms with E-state index in [1.807, 2.05) is 30.3 Å². The Morgan fingerprint density at radius 1 is 0.860 bits per heavy atom. The van der Waals surface area contributed by atoms with E-state index in [2.05, 4.69) is 20.9 Å². The molecule has 0 bridgehead atoms. The van der Waals surface area contributed by atoms with E-state index in [0.29, 0.717) is 37.7 Å². The minimum Gasteiger partial charge on any atom is -0.466 e. The number of rotatable bonds is 13. The Labute approximate surface area is 307 Å². The van der Waals surface area contributed by atoms with Gasteiger partial charge in [0.25, 0.3) is 11.8 Å². The normalized spacial score (nSPS) is 11.7. The van der Waals surface area contributed by atoms with Crippen molar-refractivity contribution in [3.05, 3.63) is 147 Å². The van der Waals surface area contributed by atoms with Gasteiger partial charge in [0.1, 0.15) is 10.9 Å². The molecule has 50 heavy (non-hydrogen) atoms. The van der Waals surface area contributed by atoms with Crippen molar-refractivity contribution < 1.29 is 23.9 Å².